The molecule has 1 aromatic rings. The zero-order chi connectivity index (χ0) is 15.5. The minimum atomic E-state index is -0.946. The Bertz CT molecular complexity index is 478. The van der Waals surface area contributed by atoms with Gasteiger partial charge in [-0.25, -0.2) is 4.98 Å². The number of hydrogen-bond donors (Lipinski definition) is 2. The van der Waals surface area contributed by atoms with Crippen molar-refractivity contribution in [3.63, 3.8) is 0 Å². The average Bonchev–Trinajstić information content (AvgIpc) is 3.13. The Balaban J connectivity index is 1.99. The molecule has 1 fully saturated rings. The first-order valence-corrected chi connectivity index (χ1v) is 7.51. The standard InChI is InChI=1S/C15H24N2O4/c1-4-10(2)15(3,19)8-16-14(18)12-13(21-9-17-12)11-6-5-7-20-11/h9-11,19H,4-8H2,1-3H3,(H,16,18). The number of hydrogen-bond acceptors (Lipinski definition) is 5. The summed E-state index contributed by atoms with van der Waals surface area (Å²) in [6, 6.07) is 0. The molecule has 1 aliphatic rings. The molecule has 3 unspecified atom stereocenters. The van der Waals surface area contributed by atoms with E-state index in [-0.39, 0.29) is 30.2 Å². The van der Waals surface area contributed by atoms with Crippen molar-refractivity contribution in [2.75, 3.05) is 13.2 Å². The molecule has 2 rings (SSSR count). The largest absolute Gasteiger partial charge is 0.445 e. The van der Waals surface area contributed by atoms with Gasteiger partial charge in [0.05, 0.1) is 5.60 Å². The van der Waals surface area contributed by atoms with Crippen molar-refractivity contribution in [3.8, 4) is 0 Å². The van der Waals surface area contributed by atoms with Crippen LogP contribution in [0.2, 0.25) is 0 Å². The highest BCUT2D eigenvalue weighted by atomic mass is 16.5. The Morgan fingerprint density at radius 3 is 3.05 bits per heavy atom. The number of carbonyl (C=O) groups excluding carboxylic acids is 1. The van der Waals surface area contributed by atoms with Crippen LogP contribution in [0.15, 0.2) is 10.8 Å². The van der Waals surface area contributed by atoms with E-state index in [1.54, 1.807) is 6.92 Å². The van der Waals surface area contributed by atoms with Gasteiger partial charge in [-0.3, -0.25) is 4.79 Å². The molecule has 3 atom stereocenters. The van der Waals surface area contributed by atoms with Crippen molar-refractivity contribution in [2.24, 2.45) is 5.92 Å². The summed E-state index contributed by atoms with van der Waals surface area (Å²) in [5.74, 6) is 0.235. The fourth-order valence-corrected chi connectivity index (χ4v) is 2.40. The molecule has 1 saturated heterocycles. The predicted octanol–water partition coefficient (Wildman–Crippen LogP) is 2.05. The highest BCUT2D eigenvalue weighted by Crippen LogP contribution is 2.30. The van der Waals surface area contributed by atoms with Gasteiger partial charge in [-0.15, -0.1) is 0 Å². The molecule has 0 bridgehead atoms. The summed E-state index contributed by atoms with van der Waals surface area (Å²) in [4.78, 5) is 16.2. The number of oxazole rings is 1. The van der Waals surface area contributed by atoms with E-state index < -0.39 is 5.60 Å². The van der Waals surface area contributed by atoms with Crippen molar-refractivity contribution in [3.05, 3.63) is 17.8 Å². The molecule has 6 heteroatoms. The molecule has 0 radical (unpaired) electrons. The molecule has 0 saturated carbocycles. The van der Waals surface area contributed by atoms with Crippen LogP contribution >= 0.6 is 0 Å². The average molecular weight is 296 g/mol. The Morgan fingerprint density at radius 2 is 2.43 bits per heavy atom. The molecule has 1 aliphatic heterocycles. The highest BCUT2D eigenvalue weighted by Gasteiger charge is 2.31. The molecular weight excluding hydrogens is 272 g/mol. The lowest BCUT2D eigenvalue weighted by molar-refractivity contribution is 0.00581. The first kappa shape index (κ1) is 16.0. The van der Waals surface area contributed by atoms with Gasteiger partial charge in [0.1, 0.15) is 6.10 Å². The van der Waals surface area contributed by atoms with Crippen LogP contribution in [0.3, 0.4) is 0 Å². The van der Waals surface area contributed by atoms with Crippen LogP contribution < -0.4 is 5.32 Å². The molecule has 21 heavy (non-hydrogen) atoms. The van der Waals surface area contributed by atoms with Crippen LogP contribution in [-0.4, -0.2) is 34.8 Å². The third kappa shape index (κ3) is 3.63. The Morgan fingerprint density at radius 1 is 1.67 bits per heavy atom. The van der Waals surface area contributed by atoms with Crippen molar-refractivity contribution >= 4 is 5.91 Å². The number of aromatic nitrogens is 1. The number of nitrogens with one attached hydrogen (secondary N) is 1. The smallest absolute Gasteiger partial charge is 0.273 e. The molecule has 0 spiro atoms. The first-order chi connectivity index (χ1) is 9.95. The van der Waals surface area contributed by atoms with Gasteiger partial charge in [-0.2, -0.15) is 0 Å². The molecule has 2 heterocycles. The second-order valence-corrected chi connectivity index (χ2v) is 5.92. The van der Waals surface area contributed by atoms with Crippen molar-refractivity contribution in [2.45, 2.75) is 51.7 Å². The van der Waals surface area contributed by atoms with E-state index in [9.17, 15) is 9.90 Å². The quantitative estimate of drug-likeness (QED) is 0.839. The molecule has 118 valence electrons. The van der Waals surface area contributed by atoms with E-state index in [0.29, 0.717) is 12.4 Å². The zero-order valence-corrected chi connectivity index (χ0v) is 12.9. The molecular formula is C15H24N2O4. The van der Waals surface area contributed by atoms with Crippen LogP contribution in [-0.2, 0) is 4.74 Å². The number of ether oxygens (including phenoxy) is 1. The van der Waals surface area contributed by atoms with E-state index in [1.807, 2.05) is 13.8 Å². The van der Waals surface area contributed by atoms with Gasteiger partial charge in [0.2, 0.25) is 0 Å². The molecule has 2 N–H and O–H groups in total. The summed E-state index contributed by atoms with van der Waals surface area (Å²) in [7, 11) is 0. The summed E-state index contributed by atoms with van der Waals surface area (Å²) in [5, 5.41) is 13.1. The highest BCUT2D eigenvalue weighted by molar-refractivity contribution is 5.93. The molecule has 1 aromatic heterocycles. The Labute approximate surface area is 124 Å². The molecule has 0 aromatic carbocycles. The van der Waals surface area contributed by atoms with E-state index in [2.05, 4.69) is 10.3 Å². The van der Waals surface area contributed by atoms with Gasteiger partial charge in [-0.05, 0) is 25.7 Å². The van der Waals surface area contributed by atoms with Gasteiger partial charge in [0.15, 0.2) is 17.8 Å². The minimum absolute atomic E-state index is 0.0905. The monoisotopic (exact) mass is 296 g/mol. The Kier molecular flexibility index (Phi) is 5.00. The third-order valence-electron chi connectivity index (χ3n) is 4.31. The summed E-state index contributed by atoms with van der Waals surface area (Å²) in [6.45, 7) is 6.55. The number of aliphatic hydroxyl groups is 1. The van der Waals surface area contributed by atoms with Gasteiger partial charge in [0, 0.05) is 13.2 Å². The lowest BCUT2D eigenvalue weighted by Crippen LogP contribution is -2.45. The van der Waals surface area contributed by atoms with E-state index >= 15 is 0 Å². The van der Waals surface area contributed by atoms with E-state index in [0.717, 1.165) is 19.3 Å². The molecule has 1 amide bonds. The molecule has 6 nitrogen and oxygen atoms in total. The maximum Gasteiger partial charge on any atom is 0.273 e. The van der Waals surface area contributed by atoms with Gasteiger partial charge in [0.25, 0.3) is 5.91 Å². The van der Waals surface area contributed by atoms with Crippen LogP contribution in [0.4, 0.5) is 0 Å². The minimum Gasteiger partial charge on any atom is -0.445 e. The Hall–Kier alpha value is -1.40. The van der Waals surface area contributed by atoms with E-state index in [1.165, 1.54) is 6.39 Å². The van der Waals surface area contributed by atoms with Gasteiger partial charge in [-0.1, -0.05) is 20.3 Å². The first-order valence-electron chi connectivity index (χ1n) is 7.51. The van der Waals surface area contributed by atoms with Crippen LogP contribution in [0.1, 0.15) is 62.4 Å². The number of rotatable bonds is 6. The lowest BCUT2D eigenvalue weighted by Gasteiger charge is -2.29. The maximum atomic E-state index is 12.2. The van der Waals surface area contributed by atoms with Crippen LogP contribution in [0.5, 0.6) is 0 Å². The summed E-state index contributed by atoms with van der Waals surface area (Å²) >= 11 is 0. The summed E-state index contributed by atoms with van der Waals surface area (Å²) < 4.78 is 10.8. The summed E-state index contributed by atoms with van der Waals surface area (Å²) in [6.07, 6.45) is 3.70. The lowest BCUT2D eigenvalue weighted by atomic mass is 9.88. The van der Waals surface area contributed by atoms with Crippen molar-refractivity contribution in [1.29, 1.82) is 0 Å². The van der Waals surface area contributed by atoms with Gasteiger partial charge < -0.3 is 19.6 Å². The predicted molar refractivity (Wildman–Crippen MR) is 76.8 cm³/mol. The topological polar surface area (TPSA) is 84.6 Å². The number of nitrogens with zero attached hydrogens (tertiary/aromatic N) is 1. The van der Waals surface area contributed by atoms with Crippen molar-refractivity contribution in [1.82, 2.24) is 10.3 Å². The van der Waals surface area contributed by atoms with Crippen molar-refractivity contribution < 1.29 is 19.1 Å². The third-order valence-corrected chi connectivity index (χ3v) is 4.31. The summed E-state index contributed by atoms with van der Waals surface area (Å²) in [5.41, 5.74) is -0.695. The second kappa shape index (κ2) is 6.58. The molecule has 0 aliphatic carbocycles. The van der Waals surface area contributed by atoms with Gasteiger partial charge >= 0.3 is 0 Å². The SMILES string of the molecule is CCC(C)C(C)(O)CNC(=O)c1ncoc1C1CCCO1. The zero-order valence-electron chi connectivity index (χ0n) is 12.9. The van der Waals surface area contributed by atoms with E-state index in [4.69, 9.17) is 9.15 Å². The number of carbonyl (C=O) groups is 1. The fourth-order valence-electron chi connectivity index (χ4n) is 2.40. The van der Waals surface area contributed by atoms with Crippen LogP contribution in [0.25, 0.3) is 0 Å². The van der Waals surface area contributed by atoms with Crippen LogP contribution in [0, 0.1) is 5.92 Å². The fraction of sp³-hybridized carbons (Fsp3) is 0.733. The maximum absolute atomic E-state index is 12.2. The second-order valence-electron chi connectivity index (χ2n) is 5.92. The normalized spacial score (nSPS) is 22.8. The number of amides is 1.